The molecule has 2 aromatic rings. The van der Waals surface area contributed by atoms with Crippen LogP contribution < -0.4 is 5.32 Å². The summed E-state index contributed by atoms with van der Waals surface area (Å²) in [7, 11) is 0. The average molecular weight is 303 g/mol. The summed E-state index contributed by atoms with van der Waals surface area (Å²) in [6.07, 6.45) is 1.42. The molecule has 0 radical (unpaired) electrons. The van der Waals surface area contributed by atoms with Gasteiger partial charge in [-0.1, -0.05) is 19.9 Å². The van der Waals surface area contributed by atoms with Gasteiger partial charge in [0.05, 0.1) is 11.3 Å². The van der Waals surface area contributed by atoms with Crippen LogP contribution in [0.15, 0.2) is 30.6 Å². The molecule has 8 heteroatoms. The van der Waals surface area contributed by atoms with E-state index in [1.165, 1.54) is 11.0 Å². The topological polar surface area (TPSA) is 99.0 Å². The van der Waals surface area contributed by atoms with Gasteiger partial charge in [-0.05, 0) is 34.5 Å². The number of tetrazole rings is 1. The number of esters is 1. The lowest BCUT2D eigenvalue weighted by Gasteiger charge is -2.08. The maximum atomic E-state index is 11.9. The number of nitrogens with zero attached hydrogens (tertiary/aromatic N) is 4. The van der Waals surface area contributed by atoms with Gasteiger partial charge in [-0.15, -0.1) is 5.10 Å². The molecule has 0 aliphatic carbocycles. The predicted molar refractivity (Wildman–Crippen MR) is 77.3 cm³/mol. The van der Waals surface area contributed by atoms with E-state index in [0.29, 0.717) is 23.7 Å². The maximum absolute atomic E-state index is 11.9. The van der Waals surface area contributed by atoms with E-state index in [1.807, 2.05) is 13.8 Å². The number of aromatic nitrogens is 4. The number of nitrogens with one attached hydrogen (secondary N) is 1. The van der Waals surface area contributed by atoms with E-state index in [2.05, 4.69) is 20.8 Å². The monoisotopic (exact) mass is 303 g/mol. The molecule has 0 fully saturated rings. The standard InChI is InChI=1S/C14H17N5O3/c1-10(2)7-15-13(20)8-22-14(21)11-4-3-5-12(6-11)19-9-16-17-18-19/h3-6,9-10H,7-8H2,1-2H3,(H,15,20). The minimum absolute atomic E-state index is 0.305. The zero-order chi connectivity index (χ0) is 15.9. The van der Waals surface area contributed by atoms with Crippen LogP contribution in [-0.2, 0) is 9.53 Å². The summed E-state index contributed by atoms with van der Waals surface area (Å²) in [6, 6.07) is 6.63. The van der Waals surface area contributed by atoms with Crippen molar-refractivity contribution in [1.82, 2.24) is 25.5 Å². The minimum atomic E-state index is -0.574. The normalized spacial score (nSPS) is 10.5. The Morgan fingerprint density at radius 2 is 2.18 bits per heavy atom. The molecule has 0 bridgehead atoms. The van der Waals surface area contributed by atoms with Gasteiger partial charge in [0.15, 0.2) is 6.61 Å². The number of hydrogen-bond donors (Lipinski definition) is 1. The summed E-state index contributed by atoms with van der Waals surface area (Å²) in [6.45, 7) is 4.21. The van der Waals surface area contributed by atoms with Crippen molar-refractivity contribution in [3.8, 4) is 5.69 Å². The highest BCUT2D eigenvalue weighted by Gasteiger charge is 2.11. The van der Waals surface area contributed by atoms with Crippen LogP contribution >= 0.6 is 0 Å². The van der Waals surface area contributed by atoms with E-state index in [9.17, 15) is 9.59 Å². The van der Waals surface area contributed by atoms with E-state index in [0.717, 1.165) is 0 Å². The zero-order valence-corrected chi connectivity index (χ0v) is 12.4. The van der Waals surface area contributed by atoms with Gasteiger partial charge in [0.1, 0.15) is 6.33 Å². The van der Waals surface area contributed by atoms with Crippen molar-refractivity contribution in [3.05, 3.63) is 36.2 Å². The van der Waals surface area contributed by atoms with Crippen LogP contribution in [0.5, 0.6) is 0 Å². The van der Waals surface area contributed by atoms with E-state index in [4.69, 9.17) is 4.74 Å². The van der Waals surface area contributed by atoms with Gasteiger partial charge in [-0.2, -0.15) is 0 Å². The van der Waals surface area contributed by atoms with Crippen LogP contribution in [0.2, 0.25) is 0 Å². The van der Waals surface area contributed by atoms with Crippen molar-refractivity contribution in [1.29, 1.82) is 0 Å². The maximum Gasteiger partial charge on any atom is 0.338 e. The highest BCUT2D eigenvalue weighted by Crippen LogP contribution is 2.09. The summed E-state index contributed by atoms with van der Waals surface area (Å²) in [4.78, 5) is 23.5. The molecule has 1 aromatic heterocycles. The first-order chi connectivity index (χ1) is 10.6. The minimum Gasteiger partial charge on any atom is -0.452 e. The Labute approximate surface area is 127 Å². The Balaban J connectivity index is 1.93. The molecule has 0 aliphatic heterocycles. The molecule has 0 spiro atoms. The van der Waals surface area contributed by atoms with Gasteiger partial charge >= 0.3 is 5.97 Å². The lowest BCUT2D eigenvalue weighted by Crippen LogP contribution is -2.31. The third-order valence-electron chi connectivity index (χ3n) is 2.74. The summed E-state index contributed by atoms with van der Waals surface area (Å²) < 4.78 is 6.41. The Bertz CT molecular complexity index is 640. The van der Waals surface area contributed by atoms with Crippen LogP contribution in [-0.4, -0.2) is 45.2 Å². The molecule has 22 heavy (non-hydrogen) atoms. The molecule has 1 N–H and O–H groups in total. The number of carbonyl (C=O) groups excluding carboxylic acids is 2. The van der Waals surface area contributed by atoms with Gasteiger partial charge in [-0.3, -0.25) is 4.79 Å². The fraction of sp³-hybridized carbons (Fsp3) is 0.357. The zero-order valence-electron chi connectivity index (χ0n) is 12.4. The Hall–Kier alpha value is -2.77. The Morgan fingerprint density at radius 3 is 2.86 bits per heavy atom. The van der Waals surface area contributed by atoms with Crippen molar-refractivity contribution >= 4 is 11.9 Å². The van der Waals surface area contributed by atoms with Crippen molar-refractivity contribution in [2.24, 2.45) is 5.92 Å². The SMILES string of the molecule is CC(C)CNC(=O)COC(=O)c1cccc(-n2cnnn2)c1. The van der Waals surface area contributed by atoms with Gasteiger partial charge in [-0.25, -0.2) is 9.48 Å². The van der Waals surface area contributed by atoms with Crippen molar-refractivity contribution in [2.75, 3.05) is 13.2 Å². The predicted octanol–water partition coefficient (Wildman–Crippen LogP) is 0.591. The molecule has 8 nitrogen and oxygen atoms in total. The average Bonchev–Trinajstić information content (AvgIpc) is 3.05. The molecular formula is C14H17N5O3. The van der Waals surface area contributed by atoms with Crippen LogP contribution in [0.25, 0.3) is 5.69 Å². The second-order valence-electron chi connectivity index (χ2n) is 5.08. The highest BCUT2D eigenvalue weighted by molar-refractivity contribution is 5.91. The second kappa shape index (κ2) is 7.30. The molecule has 0 saturated heterocycles. The van der Waals surface area contributed by atoms with E-state index in [1.54, 1.807) is 24.3 Å². The quantitative estimate of drug-likeness (QED) is 0.784. The molecule has 0 atom stereocenters. The first kappa shape index (κ1) is 15.6. The summed E-state index contributed by atoms with van der Waals surface area (Å²) in [5, 5.41) is 13.5. The Morgan fingerprint density at radius 1 is 1.36 bits per heavy atom. The highest BCUT2D eigenvalue weighted by atomic mass is 16.5. The number of hydrogen-bond acceptors (Lipinski definition) is 6. The first-order valence-electron chi connectivity index (χ1n) is 6.83. The van der Waals surface area contributed by atoms with Crippen molar-refractivity contribution in [3.63, 3.8) is 0 Å². The molecule has 1 aromatic carbocycles. The van der Waals surface area contributed by atoms with Crippen molar-refractivity contribution < 1.29 is 14.3 Å². The lowest BCUT2D eigenvalue weighted by atomic mass is 10.2. The van der Waals surface area contributed by atoms with Crippen LogP contribution in [0.3, 0.4) is 0 Å². The number of benzene rings is 1. The number of ether oxygens (including phenoxy) is 1. The molecule has 0 aliphatic rings. The third-order valence-corrected chi connectivity index (χ3v) is 2.74. The number of rotatable bonds is 6. The van der Waals surface area contributed by atoms with Gasteiger partial charge in [0, 0.05) is 6.54 Å². The molecule has 1 amide bonds. The van der Waals surface area contributed by atoms with E-state index in [-0.39, 0.29) is 12.5 Å². The summed E-state index contributed by atoms with van der Waals surface area (Å²) in [5.41, 5.74) is 0.952. The molecule has 116 valence electrons. The van der Waals surface area contributed by atoms with Crippen LogP contribution in [0, 0.1) is 5.92 Å². The fourth-order valence-electron chi connectivity index (χ4n) is 1.64. The second-order valence-corrected chi connectivity index (χ2v) is 5.08. The van der Waals surface area contributed by atoms with Crippen LogP contribution in [0.4, 0.5) is 0 Å². The summed E-state index contributed by atoms with van der Waals surface area (Å²) in [5.74, 6) is -0.555. The lowest BCUT2D eigenvalue weighted by molar-refractivity contribution is -0.124. The van der Waals surface area contributed by atoms with E-state index < -0.39 is 5.97 Å². The largest absolute Gasteiger partial charge is 0.452 e. The molecule has 1 heterocycles. The first-order valence-corrected chi connectivity index (χ1v) is 6.83. The van der Waals surface area contributed by atoms with Gasteiger partial charge in [0.25, 0.3) is 5.91 Å². The molecule has 0 saturated carbocycles. The van der Waals surface area contributed by atoms with Gasteiger partial charge < -0.3 is 10.1 Å². The van der Waals surface area contributed by atoms with Crippen molar-refractivity contribution in [2.45, 2.75) is 13.8 Å². The smallest absolute Gasteiger partial charge is 0.338 e. The fourth-order valence-corrected chi connectivity index (χ4v) is 1.64. The van der Waals surface area contributed by atoms with Crippen LogP contribution in [0.1, 0.15) is 24.2 Å². The van der Waals surface area contributed by atoms with E-state index >= 15 is 0 Å². The summed E-state index contributed by atoms with van der Waals surface area (Å²) >= 11 is 0. The number of amides is 1. The third kappa shape index (κ3) is 4.37. The number of carbonyl (C=O) groups is 2. The Kier molecular flexibility index (Phi) is 5.18. The molecule has 0 unspecified atom stereocenters. The molecule has 2 rings (SSSR count). The van der Waals surface area contributed by atoms with Gasteiger partial charge in [0.2, 0.25) is 0 Å². The molecular weight excluding hydrogens is 286 g/mol.